The zero-order chi connectivity index (χ0) is 14.9. The van der Waals surface area contributed by atoms with Crippen molar-refractivity contribution < 1.29 is 9.13 Å². The van der Waals surface area contributed by atoms with Gasteiger partial charge in [0.25, 0.3) is 0 Å². The Kier molecular flexibility index (Phi) is 5.91. The van der Waals surface area contributed by atoms with Crippen molar-refractivity contribution in [3.63, 3.8) is 0 Å². The van der Waals surface area contributed by atoms with Gasteiger partial charge in [0, 0.05) is 12.2 Å². The molecule has 1 N–H and O–H groups in total. The standard InChI is InChI=1S/C17H19FN2O/c1-2-10-21-13-15-9-8-14(11-17(15)18)12-19-20-16-6-4-3-5-7-16/h3-9,11-12,20H,2,10,13H2,1H3. The molecule has 21 heavy (non-hydrogen) atoms. The minimum Gasteiger partial charge on any atom is -0.377 e. The molecule has 0 aliphatic rings. The summed E-state index contributed by atoms with van der Waals surface area (Å²) < 4.78 is 19.2. The van der Waals surface area contributed by atoms with Crippen molar-refractivity contribution in [3.8, 4) is 0 Å². The average molecular weight is 286 g/mol. The van der Waals surface area contributed by atoms with E-state index in [1.165, 1.54) is 6.07 Å². The van der Waals surface area contributed by atoms with Crippen LogP contribution in [0.5, 0.6) is 0 Å². The molecule has 0 aromatic heterocycles. The summed E-state index contributed by atoms with van der Waals surface area (Å²) in [6, 6.07) is 14.6. The lowest BCUT2D eigenvalue weighted by Gasteiger charge is -2.05. The van der Waals surface area contributed by atoms with Crippen LogP contribution < -0.4 is 5.43 Å². The number of para-hydroxylation sites is 1. The molecule has 0 aliphatic carbocycles. The van der Waals surface area contributed by atoms with E-state index in [0.29, 0.717) is 24.3 Å². The van der Waals surface area contributed by atoms with Crippen LogP contribution in [0.3, 0.4) is 0 Å². The van der Waals surface area contributed by atoms with E-state index < -0.39 is 0 Å². The van der Waals surface area contributed by atoms with E-state index in [2.05, 4.69) is 10.5 Å². The van der Waals surface area contributed by atoms with E-state index >= 15 is 0 Å². The van der Waals surface area contributed by atoms with Gasteiger partial charge in [-0.2, -0.15) is 5.10 Å². The van der Waals surface area contributed by atoms with Crippen molar-refractivity contribution in [1.29, 1.82) is 0 Å². The predicted molar refractivity (Wildman–Crippen MR) is 84.0 cm³/mol. The Morgan fingerprint density at radius 1 is 1.19 bits per heavy atom. The number of nitrogens with one attached hydrogen (secondary N) is 1. The molecule has 0 fully saturated rings. The van der Waals surface area contributed by atoms with Crippen LogP contribution in [0.4, 0.5) is 10.1 Å². The number of ether oxygens (including phenoxy) is 1. The van der Waals surface area contributed by atoms with Crippen molar-refractivity contribution in [2.24, 2.45) is 5.10 Å². The van der Waals surface area contributed by atoms with Gasteiger partial charge in [-0.25, -0.2) is 4.39 Å². The number of halogens is 1. The van der Waals surface area contributed by atoms with Gasteiger partial charge in [0.05, 0.1) is 18.5 Å². The number of rotatable bonds is 7. The molecule has 0 saturated heterocycles. The molecule has 0 heterocycles. The molecule has 0 saturated carbocycles. The molecule has 0 spiro atoms. The summed E-state index contributed by atoms with van der Waals surface area (Å²) in [5, 5.41) is 4.09. The number of benzene rings is 2. The van der Waals surface area contributed by atoms with Gasteiger partial charge in [0.2, 0.25) is 0 Å². The molecule has 0 aliphatic heterocycles. The number of anilines is 1. The Labute approximate surface area is 124 Å². The SMILES string of the molecule is CCCOCc1ccc(C=NNc2ccccc2)cc1F. The fraction of sp³-hybridized carbons (Fsp3) is 0.235. The van der Waals surface area contributed by atoms with Gasteiger partial charge in [0.15, 0.2) is 0 Å². The molecule has 2 aromatic carbocycles. The van der Waals surface area contributed by atoms with E-state index in [1.54, 1.807) is 12.3 Å². The summed E-state index contributed by atoms with van der Waals surface area (Å²) in [4.78, 5) is 0. The molecular weight excluding hydrogens is 267 g/mol. The number of hydrogen-bond donors (Lipinski definition) is 1. The fourth-order valence-electron chi connectivity index (χ4n) is 1.78. The van der Waals surface area contributed by atoms with Crippen molar-refractivity contribution in [2.75, 3.05) is 12.0 Å². The third-order valence-electron chi connectivity index (χ3n) is 2.86. The lowest BCUT2D eigenvalue weighted by Crippen LogP contribution is -1.98. The maximum absolute atomic E-state index is 13.9. The molecule has 0 bridgehead atoms. The van der Waals surface area contributed by atoms with E-state index in [0.717, 1.165) is 12.1 Å². The highest BCUT2D eigenvalue weighted by molar-refractivity contribution is 5.80. The molecule has 0 amide bonds. The van der Waals surface area contributed by atoms with Crippen LogP contribution in [0.1, 0.15) is 24.5 Å². The van der Waals surface area contributed by atoms with Crippen LogP contribution in [0.2, 0.25) is 0 Å². The van der Waals surface area contributed by atoms with Gasteiger partial charge < -0.3 is 4.74 Å². The van der Waals surface area contributed by atoms with Crippen LogP contribution in [0, 0.1) is 5.82 Å². The maximum atomic E-state index is 13.9. The quantitative estimate of drug-likeness (QED) is 0.470. The number of nitrogens with zero attached hydrogens (tertiary/aromatic N) is 1. The molecule has 4 heteroatoms. The molecule has 0 unspecified atom stereocenters. The molecule has 110 valence electrons. The summed E-state index contributed by atoms with van der Waals surface area (Å²) in [6.07, 6.45) is 2.52. The van der Waals surface area contributed by atoms with E-state index in [9.17, 15) is 4.39 Å². The first-order valence-electron chi connectivity index (χ1n) is 7.00. The Bertz CT molecular complexity index is 585. The van der Waals surface area contributed by atoms with E-state index in [-0.39, 0.29) is 5.82 Å². The Morgan fingerprint density at radius 3 is 2.71 bits per heavy atom. The zero-order valence-electron chi connectivity index (χ0n) is 12.1. The predicted octanol–water partition coefficient (Wildman–Crippen LogP) is 4.20. The van der Waals surface area contributed by atoms with E-state index in [4.69, 9.17) is 4.74 Å². The number of hydrazone groups is 1. The second-order valence-corrected chi connectivity index (χ2v) is 4.64. The van der Waals surface area contributed by atoms with Crippen LogP contribution in [0.15, 0.2) is 53.6 Å². The smallest absolute Gasteiger partial charge is 0.129 e. The first kappa shape index (κ1) is 15.2. The minimum atomic E-state index is -0.269. The second kappa shape index (κ2) is 8.17. The lowest BCUT2D eigenvalue weighted by atomic mass is 10.1. The van der Waals surface area contributed by atoms with Crippen molar-refractivity contribution >= 4 is 11.9 Å². The third-order valence-corrected chi connectivity index (χ3v) is 2.86. The first-order valence-corrected chi connectivity index (χ1v) is 7.00. The molecule has 0 atom stereocenters. The first-order chi connectivity index (χ1) is 10.3. The second-order valence-electron chi connectivity index (χ2n) is 4.64. The van der Waals surface area contributed by atoms with Crippen molar-refractivity contribution in [3.05, 3.63) is 65.5 Å². The largest absolute Gasteiger partial charge is 0.377 e. The van der Waals surface area contributed by atoms with Gasteiger partial charge in [0.1, 0.15) is 5.82 Å². The van der Waals surface area contributed by atoms with Crippen molar-refractivity contribution in [1.82, 2.24) is 0 Å². The molecule has 0 radical (unpaired) electrons. The highest BCUT2D eigenvalue weighted by atomic mass is 19.1. The molecular formula is C17H19FN2O. The summed E-state index contributed by atoms with van der Waals surface area (Å²) in [6.45, 7) is 2.97. The van der Waals surface area contributed by atoms with Crippen LogP contribution in [-0.4, -0.2) is 12.8 Å². The van der Waals surface area contributed by atoms with Gasteiger partial charge in [-0.15, -0.1) is 0 Å². The number of hydrogen-bond acceptors (Lipinski definition) is 3. The average Bonchev–Trinajstić information content (AvgIpc) is 2.51. The summed E-state index contributed by atoms with van der Waals surface area (Å²) >= 11 is 0. The normalized spacial score (nSPS) is 11.0. The summed E-state index contributed by atoms with van der Waals surface area (Å²) in [5.41, 5.74) is 5.05. The van der Waals surface area contributed by atoms with Crippen LogP contribution in [0.25, 0.3) is 0 Å². The molecule has 2 aromatic rings. The van der Waals surface area contributed by atoms with Crippen molar-refractivity contribution in [2.45, 2.75) is 20.0 Å². The highest BCUT2D eigenvalue weighted by Crippen LogP contribution is 2.11. The Hall–Kier alpha value is -2.20. The maximum Gasteiger partial charge on any atom is 0.129 e. The Balaban J connectivity index is 1.93. The zero-order valence-corrected chi connectivity index (χ0v) is 12.1. The Morgan fingerprint density at radius 2 is 2.00 bits per heavy atom. The summed E-state index contributed by atoms with van der Waals surface area (Å²) in [7, 11) is 0. The van der Waals surface area contributed by atoms with Gasteiger partial charge in [-0.3, -0.25) is 5.43 Å². The van der Waals surface area contributed by atoms with Crippen LogP contribution in [-0.2, 0) is 11.3 Å². The summed E-state index contributed by atoms with van der Waals surface area (Å²) in [5.74, 6) is -0.269. The monoisotopic (exact) mass is 286 g/mol. The van der Waals surface area contributed by atoms with Gasteiger partial charge >= 0.3 is 0 Å². The highest BCUT2D eigenvalue weighted by Gasteiger charge is 2.02. The molecule has 2 rings (SSSR count). The lowest BCUT2D eigenvalue weighted by molar-refractivity contribution is 0.119. The topological polar surface area (TPSA) is 33.6 Å². The van der Waals surface area contributed by atoms with Crippen LogP contribution >= 0.6 is 0 Å². The van der Waals surface area contributed by atoms with Gasteiger partial charge in [-0.1, -0.05) is 37.3 Å². The fourth-order valence-corrected chi connectivity index (χ4v) is 1.78. The van der Waals surface area contributed by atoms with Gasteiger partial charge in [-0.05, 0) is 30.2 Å². The third kappa shape index (κ3) is 5.00. The van der Waals surface area contributed by atoms with E-state index in [1.807, 2.05) is 43.3 Å². The minimum absolute atomic E-state index is 0.269. The molecule has 3 nitrogen and oxygen atoms in total.